The Morgan fingerprint density at radius 3 is 2.71 bits per heavy atom. The molecule has 1 aliphatic rings. The Bertz CT molecular complexity index is 957. The van der Waals surface area contributed by atoms with Crippen LogP contribution in [-0.2, 0) is 9.59 Å². The largest absolute Gasteiger partial charge is 0.497 e. The summed E-state index contributed by atoms with van der Waals surface area (Å²) in [6.45, 7) is 4.13. The lowest BCUT2D eigenvalue weighted by Gasteiger charge is -2.20. The molecule has 8 heteroatoms. The van der Waals surface area contributed by atoms with Crippen LogP contribution in [0.2, 0.25) is 0 Å². The van der Waals surface area contributed by atoms with Crippen molar-refractivity contribution in [3.05, 3.63) is 57.6 Å². The van der Waals surface area contributed by atoms with Crippen LogP contribution in [0.5, 0.6) is 5.75 Å². The predicted octanol–water partition coefficient (Wildman–Crippen LogP) is 3.21. The number of ether oxygens (including phenoxy) is 1. The fourth-order valence-electron chi connectivity index (χ4n) is 3.28. The van der Waals surface area contributed by atoms with Crippen LogP contribution in [0.1, 0.15) is 17.5 Å². The van der Waals surface area contributed by atoms with E-state index in [1.807, 2.05) is 32.0 Å². The molecule has 1 atom stereocenters. The Morgan fingerprint density at radius 2 is 2.04 bits per heavy atom. The third-order valence-corrected chi connectivity index (χ3v) is 5.02. The van der Waals surface area contributed by atoms with Gasteiger partial charge >= 0.3 is 0 Å². The number of nitrogens with zero attached hydrogens (tertiary/aromatic N) is 2. The zero-order valence-electron chi connectivity index (χ0n) is 15.9. The molecule has 1 fully saturated rings. The number of aryl methyl sites for hydroxylation is 1. The second-order valence-corrected chi connectivity index (χ2v) is 6.75. The first-order valence-electron chi connectivity index (χ1n) is 8.81. The Kier molecular flexibility index (Phi) is 5.30. The van der Waals surface area contributed by atoms with Gasteiger partial charge in [-0.3, -0.25) is 19.7 Å². The number of anilines is 2. The molecule has 0 aromatic heterocycles. The number of hydrogen-bond donors (Lipinski definition) is 1. The molecule has 2 aromatic carbocycles. The van der Waals surface area contributed by atoms with Crippen molar-refractivity contribution in [1.82, 2.24) is 0 Å². The topological polar surface area (TPSA) is 102 Å². The quantitative estimate of drug-likeness (QED) is 0.631. The lowest BCUT2D eigenvalue weighted by atomic mass is 10.1. The van der Waals surface area contributed by atoms with Gasteiger partial charge in [0.2, 0.25) is 11.8 Å². The fourth-order valence-corrected chi connectivity index (χ4v) is 3.28. The number of nitro groups is 1. The monoisotopic (exact) mass is 383 g/mol. The summed E-state index contributed by atoms with van der Waals surface area (Å²) < 4.78 is 5.08. The Labute approximate surface area is 162 Å². The molecular weight excluding hydrogens is 362 g/mol. The third kappa shape index (κ3) is 3.66. The van der Waals surface area contributed by atoms with Crippen LogP contribution < -0.4 is 15.0 Å². The highest BCUT2D eigenvalue weighted by atomic mass is 16.6. The maximum Gasteiger partial charge on any atom is 0.293 e. The number of methoxy groups -OCH3 is 1. The number of carbonyl (C=O) groups is 2. The van der Waals surface area contributed by atoms with Crippen LogP contribution in [0.25, 0.3) is 0 Å². The molecule has 8 nitrogen and oxygen atoms in total. The summed E-state index contributed by atoms with van der Waals surface area (Å²) in [5.41, 5.74) is 2.65. The first kappa shape index (κ1) is 19.3. The van der Waals surface area contributed by atoms with Gasteiger partial charge in [-0.05, 0) is 37.1 Å². The van der Waals surface area contributed by atoms with Crippen LogP contribution in [-0.4, -0.2) is 30.4 Å². The summed E-state index contributed by atoms with van der Waals surface area (Å²) in [5.74, 6) is -0.787. The Balaban J connectivity index is 1.81. The SMILES string of the molecule is COc1ccc([N+](=O)[O-])c(NC(=O)[C@@H]2CC(=O)N(c3cccc(C)c3C)C2)c1. The second-order valence-electron chi connectivity index (χ2n) is 6.75. The van der Waals surface area contributed by atoms with Crippen molar-refractivity contribution in [1.29, 1.82) is 0 Å². The predicted molar refractivity (Wildman–Crippen MR) is 105 cm³/mol. The zero-order valence-corrected chi connectivity index (χ0v) is 15.9. The Hall–Kier alpha value is -3.42. The van der Waals surface area contributed by atoms with Gasteiger partial charge in [0.15, 0.2) is 0 Å². The molecule has 0 aliphatic carbocycles. The van der Waals surface area contributed by atoms with E-state index < -0.39 is 16.7 Å². The van der Waals surface area contributed by atoms with E-state index in [9.17, 15) is 19.7 Å². The third-order valence-electron chi connectivity index (χ3n) is 5.02. The van der Waals surface area contributed by atoms with Crippen LogP contribution >= 0.6 is 0 Å². The van der Waals surface area contributed by atoms with Gasteiger partial charge in [-0.25, -0.2) is 0 Å². The summed E-state index contributed by atoms with van der Waals surface area (Å²) in [7, 11) is 1.43. The van der Waals surface area contributed by atoms with Crippen molar-refractivity contribution in [2.45, 2.75) is 20.3 Å². The van der Waals surface area contributed by atoms with E-state index in [4.69, 9.17) is 4.74 Å². The number of nitro benzene ring substituents is 1. The van der Waals surface area contributed by atoms with Gasteiger partial charge in [0.05, 0.1) is 18.0 Å². The highest BCUT2D eigenvalue weighted by Gasteiger charge is 2.36. The number of nitrogens with one attached hydrogen (secondary N) is 1. The summed E-state index contributed by atoms with van der Waals surface area (Å²) >= 11 is 0. The van der Waals surface area contributed by atoms with E-state index in [0.29, 0.717) is 5.75 Å². The van der Waals surface area contributed by atoms with E-state index in [0.717, 1.165) is 16.8 Å². The number of hydrogen-bond acceptors (Lipinski definition) is 5. The minimum Gasteiger partial charge on any atom is -0.497 e. The molecule has 0 radical (unpaired) electrons. The van der Waals surface area contributed by atoms with Gasteiger partial charge in [-0.2, -0.15) is 0 Å². The first-order chi connectivity index (χ1) is 13.3. The van der Waals surface area contributed by atoms with Crippen molar-refractivity contribution in [3.63, 3.8) is 0 Å². The van der Waals surface area contributed by atoms with E-state index in [-0.39, 0.29) is 30.2 Å². The van der Waals surface area contributed by atoms with Crippen LogP contribution in [0.3, 0.4) is 0 Å². The maximum absolute atomic E-state index is 12.7. The van der Waals surface area contributed by atoms with Gasteiger partial charge < -0.3 is 15.0 Å². The van der Waals surface area contributed by atoms with E-state index in [1.165, 1.54) is 25.3 Å². The summed E-state index contributed by atoms with van der Waals surface area (Å²) in [5, 5.41) is 13.8. The van der Waals surface area contributed by atoms with E-state index in [2.05, 4.69) is 5.32 Å². The maximum atomic E-state index is 12.7. The minimum absolute atomic E-state index is 0.0481. The van der Waals surface area contributed by atoms with Gasteiger partial charge in [-0.1, -0.05) is 12.1 Å². The van der Waals surface area contributed by atoms with E-state index >= 15 is 0 Å². The minimum atomic E-state index is -0.599. The number of amides is 2. The lowest BCUT2D eigenvalue weighted by molar-refractivity contribution is -0.383. The fraction of sp³-hybridized carbons (Fsp3) is 0.300. The molecule has 3 rings (SSSR count). The standard InChI is InChI=1S/C20H21N3O5/c1-12-5-4-6-17(13(12)2)22-11-14(9-19(22)24)20(25)21-16-10-15(28-3)7-8-18(16)23(26)27/h4-8,10,14H,9,11H2,1-3H3,(H,21,25)/t14-/m1/s1. The van der Waals surface area contributed by atoms with Crippen molar-refractivity contribution >= 4 is 28.9 Å². The number of benzene rings is 2. The molecule has 28 heavy (non-hydrogen) atoms. The molecule has 1 heterocycles. The van der Waals surface area contributed by atoms with Crippen LogP contribution in [0.4, 0.5) is 17.1 Å². The van der Waals surface area contributed by atoms with Crippen molar-refractivity contribution in [3.8, 4) is 5.75 Å². The Morgan fingerprint density at radius 1 is 1.29 bits per heavy atom. The molecule has 0 unspecified atom stereocenters. The molecule has 0 spiro atoms. The highest BCUT2D eigenvalue weighted by molar-refractivity contribution is 6.04. The van der Waals surface area contributed by atoms with Crippen LogP contribution in [0, 0.1) is 29.9 Å². The molecule has 0 saturated carbocycles. The summed E-state index contributed by atoms with van der Waals surface area (Å²) in [4.78, 5) is 37.5. The smallest absolute Gasteiger partial charge is 0.293 e. The summed E-state index contributed by atoms with van der Waals surface area (Å²) in [6.07, 6.45) is 0.0526. The van der Waals surface area contributed by atoms with Crippen LogP contribution in [0.15, 0.2) is 36.4 Å². The number of carbonyl (C=O) groups excluding carboxylic acids is 2. The van der Waals surface area contributed by atoms with Gasteiger partial charge in [0.1, 0.15) is 11.4 Å². The molecule has 1 N–H and O–H groups in total. The average molecular weight is 383 g/mol. The lowest BCUT2D eigenvalue weighted by Crippen LogP contribution is -2.28. The molecule has 2 amide bonds. The van der Waals surface area contributed by atoms with Gasteiger partial charge in [-0.15, -0.1) is 0 Å². The van der Waals surface area contributed by atoms with Gasteiger partial charge in [0.25, 0.3) is 5.69 Å². The molecule has 2 aromatic rings. The molecule has 1 saturated heterocycles. The normalized spacial score (nSPS) is 16.2. The molecule has 0 bridgehead atoms. The zero-order chi connectivity index (χ0) is 20.4. The average Bonchev–Trinajstić information content (AvgIpc) is 3.05. The van der Waals surface area contributed by atoms with Crippen molar-refractivity contribution in [2.75, 3.05) is 23.9 Å². The summed E-state index contributed by atoms with van der Waals surface area (Å²) in [6, 6.07) is 9.82. The van der Waals surface area contributed by atoms with Gasteiger partial charge in [0, 0.05) is 30.8 Å². The second kappa shape index (κ2) is 7.67. The first-order valence-corrected chi connectivity index (χ1v) is 8.81. The molecule has 1 aliphatic heterocycles. The highest BCUT2D eigenvalue weighted by Crippen LogP contribution is 2.32. The molecular formula is C20H21N3O5. The molecule has 146 valence electrons. The van der Waals surface area contributed by atoms with E-state index in [1.54, 1.807) is 4.90 Å². The van der Waals surface area contributed by atoms with Crippen molar-refractivity contribution < 1.29 is 19.2 Å². The number of rotatable bonds is 5. The van der Waals surface area contributed by atoms with Crippen molar-refractivity contribution in [2.24, 2.45) is 5.92 Å².